The lowest BCUT2D eigenvalue weighted by atomic mass is 10.1. The number of furan rings is 1. The van der Waals surface area contributed by atoms with Crippen molar-refractivity contribution in [2.45, 2.75) is 0 Å². The third-order valence-corrected chi connectivity index (χ3v) is 4.88. The lowest BCUT2D eigenvalue weighted by molar-refractivity contribution is 0.0703. The topological polar surface area (TPSA) is 75.0 Å². The molecule has 1 aromatic heterocycles. The molecule has 0 aliphatic carbocycles. The molecule has 0 N–H and O–H groups in total. The fourth-order valence-electron chi connectivity index (χ4n) is 3.39. The van der Waals surface area contributed by atoms with E-state index >= 15 is 0 Å². The minimum atomic E-state index is -0.664. The molecule has 0 fully saturated rings. The summed E-state index contributed by atoms with van der Waals surface area (Å²) in [7, 11) is 1.53. The molecule has 1 aliphatic heterocycles. The first-order valence-corrected chi connectivity index (χ1v) is 9.54. The van der Waals surface area contributed by atoms with E-state index in [2.05, 4.69) is 0 Å². The molecule has 152 valence electrons. The SMILES string of the molecule is COc1cccc2cc(C(=O)Oc3ccc4c(c3)O/C(=C\c3ccccc3)C4=O)oc12. The first-order valence-electron chi connectivity index (χ1n) is 9.54. The molecule has 31 heavy (non-hydrogen) atoms. The van der Waals surface area contributed by atoms with Crippen LogP contribution in [0.5, 0.6) is 17.2 Å². The highest BCUT2D eigenvalue weighted by Gasteiger charge is 2.28. The van der Waals surface area contributed by atoms with Gasteiger partial charge < -0.3 is 18.6 Å². The van der Waals surface area contributed by atoms with E-state index in [1.165, 1.54) is 13.2 Å². The van der Waals surface area contributed by atoms with Crippen LogP contribution in [0.1, 0.15) is 26.5 Å². The number of methoxy groups -OCH3 is 1. The quantitative estimate of drug-likeness (QED) is 0.258. The van der Waals surface area contributed by atoms with Crippen molar-refractivity contribution in [1.29, 1.82) is 0 Å². The third-order valence-electron chi connectivity index (χ3n) is 4.88. The normalized spacial score (nSPS) is 13.8. The highest BCUT2D eigenvalue weighted by molar-refractivity contribution is 6.14. The van der Waals surface area contributed by atoms with Crippen LogP contribution in [0.15, 0.2) is 83.0 Å². The minimum Gasteiger partial charge on any atom is -0.493 e. The molecule has 0 radical (unpaired) electrons. The summed E-state index contributed by atoms with van der Waals surface area (Å²) in [5, 5.41) is 0.727. The number of ether oxygens (including phenoxy) is 3. The number of fused-ring (bicyclic) bond motifs is 2. The summed E-state index contributed by atoms with van der Waals surface area (Å²) in [4.78, 5) is 25.2. The molecule has 0 saturated carbocycles. The molecular formula is C25H16O6. The fraction of sp³-hybridized carbons (Fsp3) is 0.0400. The van der Waals surface area contributed by atoms with Crippen molar-refractivity contribution in [2.75, 3.05) is 7.11 Å². The van der Waals surface area contributed by atoms with E-state index in [4.69, 9.17) is 18.6 Å². The van der Waals surface area contributed by atoms with Gasteiger partial charge in [-0.15, -0.1) is 0 Å². The summed E-state index contributed by atoms with van der Waals surface area (Å²) < 4.78 is 22.0. The maximum atomic E-state index is 12.6. The molecule has 0 amide bonds. The van der Waals surface area contributed by atoms with Crippen molar-refractivity contribution < 1.29 is 28.2 Å². The summed E-state index contributed by atoms with van der Waals surface area (Å²) in [6.07, 6.45) is 1.68. The Balaban J connectivity index is 1.38. The Bertz CT molecular complexity index is 1350. The summed E-state index contributed by atoms with van der Waals surface area (Å²) in [6, 6.07) is 21.0. The molecular weight excluding hydrogens is 396 g/mol. The monoisotopic (exact) mass is 412 g/mol. The van der Waals surface area contributed by atoms with Crippen LogP contribution >= 0.6 is 0 Å². The Morgan fingerprint density at radius 3 is 2.61 bits per heavy atom. The molecule has 4 aromatic rings. The van der Waals surface area contributed by atoms with Crippen molar-refractivity contribution >= 4 is 28.8 Å². The standard InChI is InChI=1S/C25H16O6/c1-28-19-9-5-8-16-13-22(31-24(16)19)25(27)29-17-10-11-18-20(14-17)30-21(23(18)26)12-15-6-3-2-4-7-15/h2-14H,1H3/b21-12-. The van der Waals surface area contributed by atoms with Crippen molar-refractivity contribution in [3.63, 3.8) is 0 Å². The van der Waals surface area contributed by atoms with Crippen LogP contribution in [0.2, 0.25) is 0 Å². The Labute approximate surface area is 177 Å². The van der Waals surface area contributed by atoms with Gasteiger partial charge in [-0.25, -0.2) is 4.79 Å². The van der Waals surface area contributed by atoms with Crippen LogP contribution in [-0.4, -0.2) is 18.9 Å². The van der Waals surface area contributed by atoms with Gasteiger partial charge in [0.2, 0.25) is 11.5 Å². The molecule has 0 unspecified atom stereocenters. The van der Waals surface area contributed by atoms with Gasteiger partial charge in [0.15, 0.2) is 17.1 Å². The van der Waals surface area contributed by atoms with Crippen LogP contribution in [0.25, 0.3) is 17.0 Å². The predicted molar refractivity (Wildman–Crippen MR) is 114 cm³/mol. The van der Waals surface area contributed by atoms with Crippen molar-refractivity contribution in [2.24, 2.45) is 0 Å². The molecule has 6 heteroatoms. The summed E-state index contributed by atoms with van der Waals surface area (Å²) >= 11 is 0. The molecule has 1 aliphatic rings. The predicted octanol–water partition coefficient (Wildman–Crippen LogP) is 5.28. The number of hydrogen-bond acceptors (Lipinski definition) is 6. The van der Waals surface area contributed by atoms with E-state index in [1.807, 2.05) is 36.4 Å². The number of rotatable bonds is 4. The van der Waals surface area contributed by atoms with E-state index in [1.54, 1.807) is 36.4 Å². The maximum absolute atomic E-state index is 12.6. The second-order valence-corrected chi connectivity index (χ2v) is 6.89. The van der Waals surface area contributed by atoms with Crippen LogP contribution in [0.4, 0.5) is 0 Å². The zero-order valence-corrected chi connectivity index (χ0v) is 16.5. The van der Waals surface area contributed by atoms with Crippen molar-refractivity contribution in [1.82, 2.24) is 0 Å². The Morgan fingerprint density at radius 2 is 1.81 bits per heavy atom. The number of esters is 1. The second-order valence-electron chi connectivity index (χ2n) is 6.89. The van der Waals surface area contributed by atoms with Gasteiger partial charge in [0.25, 0.3) is 0 Å². The number of para-hydroxylation sites is 1. The molecule has 3 aromatic carbocycles. The highest BCUT2D eigenvalue weighted by atomic mass is 16.6. The first-order chi connectivity index (χ1) is 15.1. The lowest BCUT2D eigenvalue weighted by Gasteiger charge is -2.04. The molecule has 0 spiro atoms. The molecule has 6 nitrogen and oxygen atoms in total. The second kappa shape index (κ2) is 7.50. The van der Waals surface area contributed by atoms with Crippen LogP contribution in [0.3, 0.4) is 0 Å². The van der Waals surface area contributed by atoms with Crippen LogP contribution in [0, 0.1) is 0 Å². The third kappa shape index (κ3) is 3.44. The lowest BCUT2D eigenvalue weighted by Crippen LogP contribution is -2.07. The Morgan fingerprint density at radius 1 is 0.968 bits per heavy atom. The first kappa shape index (κ1) is 18.7. The largest absolute Gasteiger partial charge is 0.493 e. The molecule has 2 heterocycles. The Kier molecular flexibility index (Phi) is 4.52. The minimum absolute atomic E-state index is 0.0432. The zero-order chi connectivity index (χ0) is 21.4. The molecule has 5 rings (SSSR count). The summed E-state index contributed by atoms with van der Waals surface area (Å²) in [6.45, 7) is 0. The number of allylic oxidation sites excluding steroid dienone is 1. The Hall–Kier alpha value is -4.32. The number of carbonyl (C=O) groups excluding carboxylic acids is 2. The van der Waals surface area contributed by atoms with Crippen molar-refractivity contribution in [3.8, 4) is 17.2 Å². The maximum Gasteiger partial charge on any atom is 0.379 e. The number of carbonyl (C=O) groups is 2. The van der Waals surface area contributed by atoms with Gasteiger partial charge in [-0.1, -0.05) is 42.5 Å². The number of Topliss-reactive ketones (excluding diaryl/α,β-unsaturated/α-hetero) is 1. The van der Waals surface area contributed by atoms with Gasteiger partial charge in [-0.2, -0.15) is 0 Å². The summed E-state index contributed by atoms with van der Waals surface area (Å²) in [5.74, 6) is 0.479. The van der Waals surface area contributed by atoms with E-state index < -0.39 is 5.97 Å². The van der Waals surface area contributed by atoms with E-state index in [9.17, 15) is 9.59 Å². The van der Waals surface area contributed by atoms with E-state index in [0.717, 1.165) is 10.9 Å². The highest BCUT2D eigenvalue weighted by Crippen LogP contribution is 2.35. The number of benzene rings is 3. The molecule has 0 bridgehead atoms. The van der Waals surface area contributed by atoms with Gasteiger partial charge in [0.1, 0.15) is 11.5 Å². The molecule has 0 atom stereocenters. The number of hydrogen-bond donors (Lipinski definition) is 0. The molecule has 0 saturated heterocycles. The van der Waals surface area contributed by atoms with Gasteiger partial charge in [-0.05, 0) is 35.9 Å². The van der Waals surface area contributed by atoms with Gasteiger partial charge >= 0.3 is 5.97 Å². The average molecular weight is 412 g/mol. The van der Waals surface area contributed by atoms with E-state index in [-0.39, 0.29) is 23.1 Å². The van der Waals surface area contributed by atoms with Crippen LogP contribution < -0.4 is 14.2 Å². The smallest absolute Gasteiger partial charge is 0.379 e. The number of ketones is 1. The summed E-state index contributed by atoms with van der Waals surface area (Å²) in [5.41, 5.74) is 1.73. The average Bonchev–Trinajstić information content (AvgIpc) is 3.36. The van der Waals surface area contributed by atoms with Crippen LogP contribution in [-0.2, 0) is 0 Å². The zero-order valence-electron chi connectivity index (χ0n) is 16.5. The van der Waals surface area contributed by atoms with E-state index in [0.29, 0.717) is 22.6 Å². The van der Waals surface area contributed by atoms with Gasteiger partial charge in [0.05, 0.1) is 12.7 Å². The van der Waals surface area contributed by atoms with Gasteiger partial charge in [0, 0.05) is 11.5 Å². The fourth-order valence-corrected chi connectivity index (χ4v) is 3.39. The van der Waals surface area contributed by atoms with Crippen molar-refractivity contribution in [3.05, 3.63) is 95.4 Å². The van der Waals surface area contributed by atoms with Gasteiger partial charge in [-0.3, -0.25) is 4.79 Å².